The number of thioether (sulfide) groups is 1. The molecule has 0 aromatic carbocycles. The average molecular weight is 280 g/mol. The second kappa shape index (κ2) is 5.99. The molecule has 5 heteroatoms. The fraction of sp³-hybridized carbons (Fsp3) is 0.714. The van der Waals surface area contributed by atoms with Gasteiger partial charge in [-0.1, -0.05) is 6.92 Å². The molecule has 0 bridgehead atoms. The molecule has 1 aromatic heterocycles. The van der Waals surface area contributed by atoms with Crippen molar-refractivity contribution in [3.8, 4) is 0 Å². The monoisotopic (exact) mass is 280 g/mol. The molecular weight excluding hydrogens is 256 g/mol. The van der Waals surface area contributed by atoms with E-state index >= 15 is 0 Å². The van der Waals surface area contributed by atoms with Gasteiger partial charge in [0.25, 0.3) is 0 Å². The smallest absolute Gasteiger partial charge is 0.134 e. The first-order chi connectivity index (χ1) is 9.04. The Bertz CT molecular complexity index is 433. The first-order valence-electron chi connectivity index (χ1n) is 6.98. The summed E-state index contributed by atoms with van der Waals surface area (Å²) in [6.07, 6.45) is 2.02. The molecule has 1 saturated heterocycles. The van der Waals surface area contributed by atoms with Gasteiger partial charge in [0, 0.05) is 43.1 Å². The lowest BCUT2D eigenvalue weighted by molar-refractivity contribution is 0.639. The van der Waals surface area contributed by atoms with E-state index in [-0.39, 0.29) is 0 Å². The summed E-state index contributed by atoms with van der Waals surface area (Å²) < 4.78 is 0.300. The third kappa shape index (κ3) is 3.75. The molecule has 0 aliphatic carbocycles. The molecule has 2 heterocycles. The van der Waals surface area contributed by atoms with Crippen molar-refractivity contribution in [2.75, 3.05) is 36.1 Å². The maximum Gasteiger partial charge on any atom is 0.134 e. The Morgan fingerprint density at radius 3 is 2.84 bits per heavy atom. The molecule has 0 atom stereocenters. The Hall–Kier alpha value is -0.970. The van der Waals surface area contributed by atoms with E-state index in [4.69, 9.17) is 4.98 Å². The molecular formula is C14H24N4S. The van der Waals surface area contributed by atoms with Crippen LogP contribution in [0.2, 0.25) is 0 Å². The molecule has 4 nitrogen and oxygen atoms in total. The molecule has 19 heavy (non-hydrogen) atoms. The predicted molar refractivity (Wildman–Crippen MR) is 84.3 cm³/mol. The highest BCUT2D eigenvalue weighted by molar-refractivity contribution is 8.00. The van der Waals surface area contributed by atoms with Gasteiger partial charge < -0.3 is 10.2 Å². The lowest BCUT2D eigenvalue weighted by Crippen LogP contribution is -2.43. The van der Waals surface area contributed by atoms with Gasteiger partial charge >= 0.3 is 0 Å². The lowest BCUT2D eigenvalue weighted by atomic mass is 10.2. The van der Waals surface area contributed by atoms with E-state index in [1.165, 1.54) is 0 Å². The number of nitrogens with one attached hydrogen (secondary N) is 1. The van der Waals surface area contributed by atoms with Crippen LogP contribution < -0.4 is 10.2 Å². The molecule has 0 radical (unpaired) electrons. The summed E-state index contributed by atoms with van der Waals surface area (Å²) in [5.74, 6) is 4.09. The number of aryl methyl sites for hydroxylation is 1. The molecule has 1 aliphatic rings. The van der Waals surface area contributed by atoms with Crippen molar-refractivity contribution in [3.05, 3.63) is 11.9 Å². The summed E-state index contributed by atoms with van der Waals surface area (Å²) in [6.45, 7) is 8.88. The molecule has 106 valence electrons. The van der Waals surface area contributed by atoms with Gasteiger partial charge in [-0.15, -0.1) is 0 Å². The number of anilines is 2. The molecule has 1 aromatic rings. The summed E-state index contributed by atoms with van der Waals surface area (Å²) in [5.41, 5.74) is 0. The largest absolute Gasteiger partial charge is 0.373 e. The van der Waals surface area contributed by atoms with Gasteiger partial charge in [-0.25, -0.2) is 9.97 Å². The fourth-order valence-electron chi connectivity index (χ4n) is 2.32. The van der Waals surface area contributed by atoms with Crippen molar-refractivity contribution in [1.82, 2.24) is 9.97 Å². The van der Waals surface area contributed by atoms with Crippen molar-refractivity contribution in [3.63, 3.8) is 0 Å². The highest BCUT2D eigenvalue weighted by Crippen LogP contribution is 2.32. The SMILES string of the molecule is CCCc1nc(NC)cc(N2CCSC(C)(C)C2)n1. The third-order valence-corrected chi connectivity index (χ3v) is 4.54. The van der Waals surface area contributed by atoms with Crippen molar-refractivity contribution < 1.29 is 0 Å². The van der Waals surface area contributed by atoms with Gasteiger partial charge in [0.05, 0.1) is 0 Å². The van der Waals surface area contributed by atoms with Crippen LogP contribution in [0.3, 0.4) is 0 Å². The third-order valence-electron chi connectivity index (χ3n) is 3.24. The van der Waals surface area contributed by atoms with E-state index in [0.717, 1.165) is 49.1 Å². The molecule has 0 saturated carbocycles. The van der Waals surface area contributed by atoms with E-state index < -0.39 is 0 Å². The maximum atomic E-state index is 4.73. The zero-order valence-electron chi connectivity index (χ0n) is 12.4. The second-order valence-electron chi connectivity index (χ2n) is 5.56. The summed E-state index contributed by atoms with van der Waals surface area (Å²) in [6, 6.07) is 2.06. The van der Waals surface area contributed by atoms with E-state index in [1.807, 2.05) is 18.8 Å². The molecule has 0 amide bonds. The Kier molecular flexibility index (Phi) is 4.55. The van der Waals surface area contributed by atoms with Crippen LogP contribution in [0.15, 0.2) is 6.07 Å². The van der Waals surface area contributed by atoms with Crippen LogP contribution in [0.4, 0.5) is 11.6 Å². The van der Waals surface area contributed by atoms with Gasteiger partial charge in [-0.3, -0.25) is 0 Å². The standard InChI is InChI=1S/C14H24N4S/c1-5-6-11-16-12(15-4)9-13(17-11)18-7-8-19-14(2,3)10-18/h9H,5-8,10H2,1-4H3,(H,15,16,17). The van der Waals surface area contributed by atoms with Gasteiger partial charge in [-0.2, -0.15) is 11.8 Å². The first-order valence-corrected chi connectivity index (χ1v) is 7.97. The van der Waals surface area contributed by atoms with Crippen molar-refractivity contribution >= 4 is 23.4 Å². The highest BCUT2D eigenvalue weighted by Gasteiger charge is 2.28. The molecule has 1 fully saturated rings. The van der Waals surface area contributed by atoms with Crippen molar-refractivity contribution in [1.29, 1.82) is 0 Å². The zero-order chi connectivity index (χ0) is 13.9. The van der Waals surface area contributed by atoms with Crippen molar-refractivity contribution in [2.45, 2.75) is 38.4 Å². The van der Waals surface area contributed by atoms with Gasteiger partial charge in [0.1, 0.15) is 17.5 Å². The van der Waals surface area contributed by atoms with Crippen LogP contribution in [-0.4, -0.2) is 40.6 Å². The van der Waals surface area contributed by atoms with Crippen LogP contribution in [0.1, 0.15) is 33.0 Å². The minimum atomic E-state index is 0.300. The minimum Gasteiger partial charge on any atom is -0.373 e. The van der Waals surface area contributed by atoms with Crippen LogP contribution >= 0.6 is 11.8 Å². The van der Waals surface area contributed by atoms with Crippen LogP contribution in [0, 0.1) is 0 Å². The van der Waals surface area contributed by atoms with Gasteiger partial charge in [0.2, 0.25) is 0 Å². The summed E-state index contributed by atoms with van der Waals surface area (Å²) in [7, 11) is 1.91. The highest BCUT2D eigenvalue weighted by atomic mass is 32.2. The number of nitrogens with zero attached hydrogens (tertiary/aromatic N) is 3. The molecule has 1 N–H and O–H groups in total. The van der Waals surface area contributed by atoms with Crippen molar-refractivity contribution in [2.24, 2.45) is 0 Å². The number of hydrogen-bond donors (Lipinski definition) is 1. The van der Waals surface area contributed by atoms with Crippen LogP contribution in [0.25, 0.3) is 0 Å². The summed E-state index contributed by atoms with van der Waals surface area (Å²) in [4.78, 5) is 11.6. The van der Waals surface area contributed by atoms with E-state index in [1.54, 1.807) is 0 Å². The Morgan fingerprint density at radius 1 is 1.42 bits per heavy atom. The molecule has 2 rings (SSSR count). The Labute approximate surface area is 120 Å². The number of rotatable bonds is 4. The van der Waals surface area contributed by atoms with Gasteiger partial charge in [-0.05, 0) is 20.3 Å². The molecule has 1 aliphatic heterocycles. The number of aromatic nitrogens is 2. The normalized spacial score (nSPS) is 18.4. The zero-order valence-corrected chi connectivity index (χ0v) is 13.2. The summed E-state index contributed by atoms with van der Waals surface area (Å²) >= 11 is 2.04. The topological polar surface area (TPSA) is 41.1 Å². The molecule has 0 unspecified atom stereocenters. The summed E-state index contributed by atoms with van der Waals surface area (Å²) in [5, 5.41) is 3.14. The quantitative estimate of drug-likeness (QED) is 0.918. The minimum absolute atomic E-state index is 0.300. The first kappa shape index (κ1) is 14.4. The Balaban J connectivity index is 2.25. The van der Waals surface area contributed by atoms with E-state index in [2.05, 4.69) is 42.0 Å². The average Bonchev–Trinajstić information content (AvgIpc) is 2.37. The molecule has 0 spiro atoms. The fourth-order valence-corrected chi connectivity index (χ4v) is 3.43. The van der Waals surface area contributed by atoms with Crippen LogP contribution in [0.5, 0.6) is 0 Å². The van der Waals surface area contributed by atoms with E-state index in [9.17, 15) is 0 Å². The van der Waals surface area contributed by atoms with Crippen LogP contribution in [-0.2, 0) is 6.42 Å². The second-order valence-corrected chi connectivity index (χ2v) is 7.36. The Morgan fingerprint density at radius 2 is 2.21 bits per heavy atom. The number of hydrogen-bond acceptors (Lipinski definition) is 5. The van der Waals surface area contributed by atoms with Gasteiger partial charge in [0.15, 0.2) is 0 Å². The van der Waals surface area contributed by atoms with E-state index in [0.29, 0.717) is 4.75 Å². The lowest BCUT2D eigenvalue weighted by Gasteiger charge is -2.38. The predicted octanol–water partition coefficient (Wildman–Crippen LogP) is 2.80. The maximum absolute atomic E-state index is 4.73.